The summed E-state index contributed by atoms with van der Waals surface area (Å²) in [4.78, 5) is 49.7. The summed E-state index contributed by atoms with van der Waals surface area (Å²) in [6.45, 7) is 1.28. The Morgan fingerprint density at radius 3 is 2.57 bits per heavy atom. The van der Waals surface area contributed by atoms with Crippen LogP contribution in [-0.4, -0.2) is 41.2 Å². The molecule has 30 heavy (non-hydrogen) atoms. The first kappa shape index (κ1) is 21.0. The van der Waals surface area contributed by atoms with E-state index in [1.165, 1.54) is 25.1 Å². The van der Waals surface area contributed by atoms with Gasteiger partial charge in [-0.2, -0.15) is 0 Å². The fraction of sp³-hybridized carbons (Fsp3) is 0.238. The molecule has 1 heterocycles. The van der Waals surface area contributed by atoms with Gasteiger partial charge in [0.05, 0.1) is 6.42 Å². The number of fused-ring (bicyclic) bond motifs is 1. The van der Waals surface area contributed by atoms with Gasteiger partial charge in [0.15, 0.2) is 17.7 Å². The Morgan fingerprint density at radius 1 is 1.10 bits per heavy atom. The second kappa shape index (κ2) is 9.17. The molecule has 4 amide bonds. The summed E-state index contributed by atoms with van der Waals surface area (Å²) in [6.07, 6.45) is -1.17. The lowest BCUT2D eigenvalue weighted by Gasteiger charge is -2.26. The van der Waals surface area contributed by atoms with E-state index in [4.69, 9.17) is 4.74 Å². The summed E-state index contributed by atoms with van der Waals surface area (Å²) >= 11 is 0. The number of rotatable bonds is 6. The Bertz CT molecular complexity index is 994. The topological polar surface area (TPSA) is 105 Å². The van der Waals surface area contributed by atoms with E-state index in [0.717, 1.165) is 4.90 Å². The number of carbonyl (C=O) groups is 4. The molecule has 9 heteroatoms. The molecule has 1 atom stereocenters. The van der Waals surface area contributed by atoms with E-state index >= 15 is 0 Å². The molecule has 0 bridgehead atoms. The molecule has 0 unspecified atom stereocenters. The fourth-order valence-electron chi connectivity index (χ4n) is 2.92. The molecule has 156 valence electrons. The number of hydrazine groups is 1. The minimum atomic E-state index is -1.07. The highest BCUT2D eigenvalue weighted by Crippen LogP contribution is 2.20. The molecule has 1 aliphatic heterocycles. The van der Waals surface area contributed by atoms with Crippen LogP contribution in [0.2, 0.25) is 0 Å². The number of amides is 4. The first-order valence-electron chi connectivity index (χ1n) is 9.29. The van der Waals surface area contributed by atoms with Crippen molar-refractivity contribution in [2.24, 2.45) is 0 Å². The SMILES string of the molecule is C[C@@H](Oc1ccccc1F)C(=O)NNC(=O)CCN1C(=O)Cc2ccccc2C1=O. The zero-order chi connectivity index (χ0) is 21.7. The lowest BCUT2D eigenvalue weighted by atomic mass is 9.98. The Hall–Kier alpha value is -3.75. The average molecular weight is 413 g/mol. The van der Waals surface area contributed by atoms with Gasteiger partial charge in [0, 0.05) is 18.5 Å². The van der Waals surface area contributed by atoms with Gasteiger partial charge in [-0.15, -0.1) is 0 Å². The summed E-state index contributed by atoms with van der Waals surface area (Å²) in [5, 5.41) is 0. The third-order valence-corrected chi connectivity index (χ3v) is 4.53. The Kier molecular flexibility index (Phi) is 6.41. The minimum absolute atomic E-state index is 0.0885. The highest BCUT2D eigenvalue weighted by Gasteiger charge is 2.30. The molecule has 0 aromatic heterocycles. The van der Waals surface area contributed by atoms with Gasteiger partial charge in [-0.25, -0.2) is 4.39 Å². The lowest BCUT2D eigenvalue weighted by molar-refractivity contribution is -0.133. The van der Waals surface area contributed by atoms with Gasteiger partial charge in [-0.05, 0) is 30.7 Å². The van der Waals surface area contributed by atoms with Gasteiger partial charge in [0.1, 0.15) is 0 Å². The highest BCUT2D eigenvalue weighted by molar-refractivity contribution is 6.09. The van der Waals surface area contributed by atoms with Gasteiger partial charge in [0.25, 0.3) is 11.8 Å². The van der Waals surface area contributed by atoms with Crippen molar-refractivity contribution in [2.75, 3.05) is 6.54 Å². The molecule has 0 radical (unpaired) electrons. The monoisotopic (exact) mass is 413 g/mol. The van der Waals surface area contributed by atoms with Crippen molar-refractivity contribution >= 4 is 23.6 Å². The van der Waals surface area contributed by atoms with Crippen LogP contribution in [-0.2, 0) is 20.8 Å². The van der Waals surface area contributed by atoms with Crippen LogP contribution >= 0.6 is 0 Å². The van der Waals surface area contributed by atoms with E-state index in [2.05, 4.69) is 10.9 Å². The Balaban J connectivity index is 1.47. The van der Waals surface area contributed by atoms with Crippen LogP contribution in [0.5, 0.6) is 5.75 Å². The average Bonchev–Trinajstić information content (AvgIpc) is 2.73. The van der Waals surface area contributed by atoms with Crippen molar-refractivity contribution in [3.05, 3.63) is 65.5 Å². The second-order valence-corrected chi connectivity index (χ2v) is 6.66. The Labute approximate surface area is 172 Å². The zero-order valence-corrected chi connectivity index (χ0v) is 16.2. The predicted molar refractivity (Wildman–Crippen MR) is 104 cm³/mol. The molecule has 0 saturated heterocycles. The van der Waals surface area contributed by atoms with Crippen LogP contribution in [0.15, 0.2) is 48.5 Å². The number of hydrogen-bond acceptors (Lipinski definition) is 5. The van der Waals surface area contributed by atoms with E-state index in [1.54, 1.807) is 30.3 Å². The highest BCUT2D eigenvalue weighted by atomic mass is 19.1. The predicted octanol–water partition coefficient (Wildman–Crippen LogP) is 1.36. The molecule has 8 nitrogen and oxygen atoms in total. The summed E-state index contributed by atoms with van der Waals surface area (Å²) < 4.78 is 18.8. The van der Waals surface area contributed by atoms with Gasteiger partial charge in [-0.1, -0.05) is 30.3 Å². The van der Waals surface area contributed by atoms with Crippen molar-refractivity contribution in [1.29, 1.82) is 0 Å². The largest absolute Gasteiger partial charge is 0.478 e. The van der Waals surface area contributed by atoms with E-state index in [9.17, 15) is 23.6 Å². The van der Waals surface area contributed by atoms with Crippen molar-refractivity contribution in [1.82, 2.24) is 15.8 Å². The van der Waals surface area contributed by atoms with Gasteiger partial charge < -0.3 is 4.74 Å². The minimum Gasteiger partial charge on any atom is -0.478 e. The smallest absolute Gasteiger partial charge is 0.279 e. The van der Waals surface area contributed by atoms with Gasteiger partial charge in [-0.3, -0.25) is 34.9 Å². The summed E-state index contributed by atoms with van der Waals surface area (Å²) in [5.74, 6) is -2.83. The lowest BCUT2D eigenvalue weighted by Crippen LogP contribution is -2.49. The number of ether oxygens (including phenoxy) is 1. The molecule has 0 spiro atoms. The maximum absolute atomic E-state index is 13.6. The second-order valence-electron chi connectivity index (χ2n) is 6.66. The van der Waals surface area contributed by atoms with Crippen LogP contribution in [0.4, 0.5) is 4.39 Å². The molecule has 2 aromatic rings. The maximum atomic E-state index is 13.6. The third kappa shape index (κ3) is 4.80. The molecule has 1 aliphatic rings. The molecule has 0 fully saturated rings. The summed E-state index contributed by atoms with van der Waals surface area (Å²) in [6, 6.07) is 12.4. The van der Waals surface area contributed by atoms with Gasteiger partial charge in [0.2, 0.25) is 11.8 Å². The van der Waals surface area contributed by atoms with E-state index in [0.29, 0.717) is 11.1 Å². The van der Waals surface area contributed by atoms with Crippen LogP contribution in [0.1, 0.15) is 29.3 Å². The van der Waals surface area contributed by atoms with E-state index in [1.807, 2.05) is 0 Å². The van der Waals surface area contributed by atoms with Crippen molar-refractivity contribution < 1.29 is 28.3 Å². The standard InChI is InChI=1S/C21H20FN3O5/c1-13(30-17-9-5-4-8-16(17)22)20(28)24-23-18(26)10-11-25-19(27)12-14-6-2-3-7-15(14)21(25)29/h2-9,13H,10-12H2,1H3,(H,23,26)(H,24,28)/t13-/m1/s1. The van der Waals surface area contributed by atoms with Crippen LogP contribution < -0.4 is 15.6 Å². The molecule has 3 rings (SSSR count). The van der Waals surface area contributed by atoms with E-state index in [-0.39, 0.29) is 31.0 Å². The molecule has 0 saturated carbocycles. The Morgan fingerprint density at radius 2 is 1.80 bits per heavy atom. The van der Waals surface area contributed by atoms with Crippen LogP contribution in [0, 0.1) is 5.82 Å². The number of nitrogens with one attached hydrogen (secondary N) is 2. The number of para-hydroxylation sites is 1. The summed E-state index contributed by atoms with van der Waals surface area (Å²) in [7, 11) is 0. The number of nitrogens with zero attached hydrogens (tertiary/aromatic N) is 1. The van der Waals surface area contributed by atoms with Crippen molar-refractivity contribution in [3.63, 3.8) is 0 Å². The number of benzene rings is 2. The van der Waals surface area contributed by atoms with Crippen molar-refractivity contribution in [2.45, 2.75) is 25.9 Å². The quantitative estimate of drug-likeness (QED) is 0.550. The fourth-order valence-corrected chi connectivity index (χ4v) is 2.92. The number of carbonyl (C=O) groups excluding carboxylic acids is 4. The summed E-state index contributed by atoms with van der Waals surface area (Å²) in [5.41, 5.74) is 5.46. The van der Waals surface area contributed by atoms with Gasteiger partial charge >= 0.3 is 0 Å². The normalized spacial score (nSPS) is 14.0. The first-order valence-corrected chi connectivity index (χ1v) is 9.29. The van der Waals surface area contributed by atoms with Crippen LogP contribution in [0.3, 0.4) is 0 Å². The molecular formula is C21H20FN3O5. The number of hydrogen-bond donors (Lipinski definition) is 2. The molecule has 2 N–H and O–H groups in total. The number of halogens is 1. The molecule has 2 aromatic carbocycles. The van der Waals surface area contributed by atoms with E-state index < -0.39 is 29.6 Å². The van der Waals surface area contributed by atoms with Crippen LogP contribution in [0.25, 0.3) is 0 Å². The molecule has 0 aliphatic carbocycles. The zero-order valence-electron chi connectivity index (χ0n) is 16.2. The molecular weight excluding hydrogens is 393 g/mol. The number of imide groups is 1. The maximum Gasteiger partial charge on any atom is 0.279 e. The first-order chi connectivity index (χ1) is 14.4. The van der Waals surface area contributed by atoms with Crippen molar-refractivity contribution in [3.8, 4) is 5.75 Å². The third-order valence-electron chi connectivity index (χ3n) is 4.53.